The Kier molecular flexibility index (Phi) is 3.98. The second kappa shape index (κ2) is 5.68. The van der Waals surface area contributed by atoms with Gasteiger partial charge in [-0.3, -0.25) is 4.68 Å². The van der Waals surface area contributed by atoms with Crippen LogP contribution in [0.5, 0.6) is 0 Å². The quantitative estimate of drug-likeness (QED) is 0.779. The van der Waals surface area contributed by atoms with Crippen LogP contribution in [0, 0.1) is 6.92 Å². The summed E-state index contributed by atoms with van der Waals surface area (Å²) in [7, 11) is 0. The van der Waals surface area contributed by atoms with Crippen LogP contribution in [0.15, 0.2) is 28.8 Å². The molecule has 2 heterocycles. The van der Waals surface area contributed by atoms with Crippen LogP contribution in [-0.2, 0) is 13.1 Å². The summed E-state index contributed by atoms with van der Waals surface area (Å²) < 4.78 is 7.67. The normalized spacial score (nSPS) is 10.9. The van der Waals surface area contributed by atoms with Crippen LogP contribution in [0.4, 0.5) is 0 Å². The van der Waals surface area contributed by atoms with E-state index in [0.717, 1.165) is 36.7 Å². The summed E-state index contributed by atoms with van der Waals surface area (Å²) in [5.41, 5.74) is 1.15. The van der Waals surface area contributed by atoms with E-state index in [0.29, 0.717) is 6.54 Å². The molecule has 0 bridgehead atoms. The van der Waals surface area contributed by atoms with Crippen molar-refractivity contribution in [2.45, 2.75) is 33.4 Å². The molecule has 0 atom stereocenters. The van der Waals surface area contributed by atoms with Gasteiger partial charge >= 0.3 is 0 Å². The van der Waals surface area contributed by atoms with Gasteiger partial charge in [0.25, 0.3) is 0 Å². The van der Waals surface area contributed by atoms with Crippen LogP contribution in [0.3, 0.4) is 0 Å². The zero-order valence-corrected chi connectivity index (χ0v) is 10.4. The van der Waals surface area contributed by atoms with Crippen molar-refractivity contribution in [2.24, 2.45) is 0 Å². The molecule has 2 rings (SSSR count). The van der Waals surface area contributed by atoms with Gasteiger partial charge in [-0.2, -0.15) is 5.10 Å². The Balaban J connectivity index is 1.92. The van der Waals surface area contributed by atoms with E-state index in [1.807, 2.05) is 36.0 Å². The van der Waals surface area contributed by atoms with E-state index < -0.39 is 0 Å². The predicted molar refractivity (Wildman–Crippen MR) is 66.8 cm³/mol. The van der Waals surface area contributed by atoms with Gasteiger partial charge in [0.05, 0.1) is 13.1 Å². The Morgan fingerprint density at radius 3 is 2.82 bits per heavy atom. The van der Waals surface area contributed by atoms with Crippen LogP contribution in [0.1, 0.15) is 30.6 Å². The number of furan rings is 1. The molecule has 0 aliphatic carbocycles. The summed E-state index contributed by atoms with van der Waals surface area (Å²) in [6, 6.07) is 6.04. The minimum absolute atomic E-state index is 0.701. The molecule has 0 aliphatic rings. The average molecular weight is 233 g/mol. The topological polar surface area (TPSA) is 43.0 Å². The zero-order valence-electron chi connectivity index (χ0n) is 10.4. The van der Waals surface area contributed by atoms with Crippen molar-refractivity contribution in [2.75, 3.05) is 6.54 Å². The second-order valence-electron chi connectivity index (χ2n) is 4.18. The molecule has 17 heavy (non-hydrogen) atoms. The van der Waals surface area contributed by atoms with Crippen LogP contribution in [0.25, 0.3) is 0 Å². The summed E-state index contributed by atoms with van der Waals surface area (Å²) in [5.74, 6) is 1.93. The van der Waals surface area contributed by atoms with Gasteiger partial charge in [-0.25, -0.2) is 0 Å². The first-order chi connectivity index (χ1) is 8.29. The Morgan fingerprint density at radius 1 is 1.29 bits per heavy atom. The van der Waals surface area contributed by atoms with Crippen molar-refractivity contribution in [1.29, 1.82) is 0 Å². The molecule has 0 fully saturated rings. The summed E-state index contributed by atoms with van der Waals surface area (Å²) >= 11 is 0. The summed E-state index contributed by atoms with van der Waals surface area (Å²) in [4.78, 5) is 0. The smallest absolute Gasteiger partial charge is 0.125 e. The second-order valence-corrected chi connectivity index (χ2v) is 4.18. The highest BCUT2D eigenvalue weighted by Gasteiger charge is 2.04. The first-order valence-corrected chi connectivity index (χ1v) is 6.06. The average Bonchev–Trinajstić information content (AvgIpc) is 2.91. The molecule has 0 aliphatic heterocycles. The van der Waals surface area contributed by atoms with Crippen molar-refractivity contribution in [3.63, 3.8) is 0 Å². The lowest BCUT2D eigenvalue weighted by molar-refractivity contribution is 0.428. The number of aryl methyl sites for hydroxylation is 1. The van der Waals surface area contributed by atoms with E-state index in [-0.39, 0.29) is 0 Å². The van der Waals surface area contributed by atoms with E-state index in [2.05, 4.69) is 17.3 Å². The van der Waals surface area contributed by atoms with Crippen molar-refractivity contribution in [3.8, 4) is 0 Å². The number of nitrogens with one attached hydrogen (secondary N) is 1. The van der Waals surface area contributed by atoms with Crippen LogP contribution < -0.4 is 5.32 Å². The first-order valence-electron chi connectivity index (χ1n) is 6.06. The van der Waals surface area contributed by atoms with Crippen LogP contribution in [0.2, 0.25) is 0 Å². The molecule has 92 valence electrons. The van der Waals surface area contributed by atoms with Gasteiger partial charge in [0.1, 0.15) is 11.5 Å². The van der Waals surface area contributed by atoms with Gasteiger partial charge in [-0.15, -0.1) is 0 Å². The molecule has 0 radical (unpaired) electrons. The molecule has 2 aromatic heterocycles. The molecule has 4 nitrogen and oxygen atoms in total. The SMILES string of the molecule is CCCNCc1ccc(Cn2nccc2C)o1. The molecule has 2 aromatic rings. The Hall–Kier alpha value is -1.55. The van der Waals surface area contributed by atoms with E-state index in [4.69, 9.17) is 4.42 Å². The standard InChI is InChI=1S/C13H19N3O/c1-3-7-14-9-12-4-5-13(17-12)10-16-11(2)6-8-15-16/h4-6,8,14H,3,7,9-10H2,1-2H3. The lowest BCUT2D eigenvalue weighted by atomic mass is 10.4. The maximum atomic E-state index is 5.74. The highest BCUT2D eigenvalue weighted by molar-refractivity contribution is 5.08. The maximum Gasteiger partial charge on any atom is 0.125 e. The lowest BCUT2D eigenvalue weighted by Gasteiger charge is -2.02. The molecule has 1 N–H and O–H groups in total. The summed E-state index contributed by atoms with van der Waals surface area (Å²) in [6.45, 7) is 6.72. The van der Waals surface area contributed by atoms with E-state index in [1.54, 1.807) is 0 Å². The first kappa shape index (κ1) is 11.9. The van der Waals surface area contributed by atoms with Gasteiger partial charge in [-0.1, -0.05) is 6.92 Å². The highest BCUT2D eigenvalue weighted by atomic mass is 16.3. The minimum Gasteiger partial charge on any atom is -0.463 e. The van der Waals surface area contributed by atoms with Gasteiger partial charge in [0.2, 0.25) is 0 Å². The Morgan fingerprint density at radius 2 is 2.12 bits per heavy atom. The van der Waals surface area contributed by atoms with E-state index in [1.165, 1.54) is 0 Å². The summed E-state index contributed by atoms with van der Waals surface area (Å²) in [6.07, 6.45) is 2.95. The van der Waals surface area contributed by atoms with Gasteiger partial charge in [0, 0.05) is 11.9 Å². The molecular weight excluding hydrogens is 214 g/mol. The third-order valence-corrected chi connectivity index (χ3v) is 2.68. The van der Waals surface area contributed by atoms with Gasteiger partial charge < -0.3 is 9.73 Å². The van der Waals surface area contributed by atoms with Crippen molar-refractivity contribution in [1.82, 2.24) is 15.1 Å². The predicted octanol–water partition coefficient (Wildman–Crippen LogP) is 2.33. The van der Waals surface area contributed by atoms with Crippen LogP contribution >= 0.6 is 0 Å². The third-order valence-electron chi connectivity index (χ3n) is 2.68. The number of hydrogen-bond acceptors (Lipinski definition) is 3. The molecule has 0 spiro atoms. The number of hydrogen-bond donors (Lipinski definition) is 1. The molecule has 0 saturated carbocycles. The largest absolute Gasteiger partial charge is 0.463 e. The molecule has 4 heteroatoms. The van der Waals surface area contributed by atoms with Crippen molar-refractivity contribution >= 4 is 0 Å². The molecule has 0 unspecified atom stereocenters. The molecule has 0 aromatic carbocycles. The fourth-order valence-corrected chi connectivity index (χ4v) is 1.70. The minimum atomic E-state index is 0.701. The fraction of sp³-hybridized carbons (Fsp3) is 0.462. The number of aromatic nitrogens is 2. The van der Waals surface area contributed by atoms with Crippen LogP contribution in [-0.4, -0.2) is 16.3 Å². The summed E-state index contributed by atoms with van der Waals surface area (Å²) in [5, 5.41) is 7.56. The third kappa shape index (κ3) is 3.20. The van der Waals surface area contributed by atoms with Gasteiger partial charge in [-0.05, 0) is 38.1 Å². The number of rotatable bonds is 6. The van der Waals surface area contributed by atoms with Crippen molar-refractivity contribution in [3.05, 3.63) is 41.6 Å². The van der Waals surface area contributed by atoms with Gasteiger partial charge in [0.15, 0.2) is 0 Å². The molecule has 0 saturated heterocycles. The van der Waals surface area contributed by atoms with Crippen molar-refractivity contribution < 1.29 is 4.42 Å². The molecular formula is C13H19N3O. The molecule has 0 amide bonds. The fourth-order valence-electron chi connectivity index (χ4n) is 1.70. The monoisotopic (exact) mass is 233 g/mol. The maximum absolute atomic E-state index is 5.74. The highest BCUT2D eigenvalue weighted by Crippen LogP contribution is 2.10. The number of nitrogens with zero attached hydrogens (tertiary/aromatic N) is 2. The zero-order chi connectivity index (χ0) is 12.1. The van der Waals surface area contributed by atoms with E-state index >= 15 is 0 Å². The lowest BCUT2D eigenvalue weighted by Crippen LogP contribution is -2.13. The Bertz CT molecular complexity index is 459. The Labute approximate surface area is 102 Å². The van der Waals surface area contributed by atoms with E-state index in [9.17, 15) is 0 Å².